The van der Waals surface area contributed by atoms with Gasteiger partial charge in [0, 0.05) is 0 Å². The van der Waals surface area contributed by atoms with Crippen molar-refractivity contribution in [2.75, 3.05) is 5.32 Å². The molecule has 2 nitrogen and oxygen atoms in total. The van der Waals surface area contributed by atoms with Crippen molar-refractivity contribution in [1.82, 2.24) is 4.98 Å². The van der Waals surface area contributed by atoms with Crippen LogP contribution >= 0.6 is 27.5 Å². The molecule has 0 aliphatic rings. The number of hydrogen-bond donors (Lipinski definition) is 1. The number of para-hydroxylation sites is 1. The number of hydrogen-bond acceptors (Lipinski definition) is 2. The summed E-state index contributed by atoms with van der Waals surface area (Å²) in [5.41, 5.74) is 1.99. The number of pyridine rings is 1. The van der Waals surface area contributed by atoms with E-state index in [1.165, 1.54) is 0 Å². The lowest BCUT2D eigenvalue weighted by molar-refractivity contribution is 1.26. The molecular weight excluding hydrogens is 288 g/mol. The number of nitrogens with one attached hydrogen (secondary N) is 1. The van der Waals surface area contributed by atoms with E-state index in [-0.39, 0.29) is 0 Å². The largest absolute Gasteiger partial charge is 0.339 e. The molecule has 0 aliphatic carbocycles. The second-order valence-corrected chi connectivity index (χ2v) is 4.62. The number of rotatable bonds is 2. The minimum atomic E-state index is 0.696. The molecule has 0 radical (unpaired) electrons. The Morgan fingerprint density at radius 3 is 2.62 bits per heavy atom. The van der Waals surface area contributed by atoms with Gasteiger partial charge in [-0.25, -0.2) is 4.98 Å². The van der Waals surface area contributed by atoms with Crippen LogP contribution in [0.15, 0.2) is 41.0 Å². The molecule has 2 rings (SSSR count). The van der Waals surface area contributed by atoms with Gasteiger partial charge in [0.05, 0.1) is 10.7 Å². The Balaban J connectivity index is 2.34. The Kier molecular flexibility index (Phi) is 3.46. The van der Waals surface area contributed by atoms with Crippen molar-refractivity contribution >= 4 is 39.0 Å². The third-order valence-electron chi connectivity index (χ3n) is 2.19. The standard InChI is InChI=1S/C12H10BrClN2/c1-8-4-2-5-9(14)12(8)16-11-7-3-6-10(13)15-11/h2-7H,1H3,(H,15,16). The molecule has 0 atom stereocenters. The van der Waals surface area contributed by atoms with Gasteiger partial charge in [0.1, 0.15) is 10.4 Å². The first-order chi connectivity index (χ1) is 7.66. The van der Waals surface area contributed by atoms with Crippen LogP contribution in [-0.4, -0.2) is 4.98 Å². The second kappa shape index (κ2) is 4.85. The van der Waals surface area contributed by atoms with E-state index in [2.05, 4.69) is 26.2 Å². The fourth-order valence-corrected chi connectivity index (χ4v) is 2.01. The highest BCUT2D eigenvalue weighted by atomic mass is 79.9. The SMILES string of the molecule is Cc1cccc(Cl)c1Nc1cccc(Br)n1. The predicted molar refractivity (Wildman–Crippen MR) is 71.4 cm³/mol. The Morgan fingerprint density at radius 1 is 1.19 bits per heavy atom. The van der Waals surface area contributed by atoms with Crippen molar-refractivity contribution in [3.05, 3.63) is 51.6 Å². The summed E-state index contributed by atoms with van der Waals surface area (Å²) in [7, 11) is 0. The van der Waals surface area contributed by atoms with Crippen LogP contribution in [-0.2, 0) is 0 Å². The quantitative estimate of drug-likeness (QED) is 0.823. The fourth-order valence-electron chi connectivity index (χ4n) is 1.40. The van der Waals surface area contributed by atoms with E-state index in [0.717, 1.165) is 21.7 Å². The van der Waals surface area contributed by atoms with Gasteiger partial charge in [-0.3, -0.25) is 0 Å². The Labute approximate surface area is 108 Å². The van der Waals surface area contributed by atoms with Crippen LogP contribution in [0.3, 0.4) is 0 Å². The Hall–Kier alpha value is -1.06. The number of aryl methyl sites for hydroxylation is 1. The molecule has 0 amide bonds. The van der Waals surface area contributed by atoms with Crippen LogP contribution in [0.1, 0.15) is 5.56 Å². The van der Waals surface area contributed by atoms with Gasteiger partial charge in [-0.15, -0.1) is 0 Å². The van der Waals surface area contributed by atoms with Gasteiger partial charge >= 0.3 is 0 Å². The first-order valence-electron chi connectivity index (χ1n) is 4.81. The summed E-state index contributed by atoms with van der Waals surface area (Å²) < 4.78 is 0.794. The van der Waals surface area contributed by atoms with E-state index >= 15 is 0 Å². The van der Waals surface area contributed by atoms with Crippen LogP contribution in [0.4, 0.5) is 11.5 Å². The summed E-state index contributed by atoms with van der Waals surface area (Å²) in [5, 5.41) is 3.90. The Bertz CT molecular complexity index is 494. The van der Waals surface area contributed by atoms with Crippen LogP contribution in [0.25, 0.3) is 0 Å². The van der Waals surface area contributed by atoms with E-state index < -0.39 is 0 Å². The van der Waals surface area contributed by atoms with Gasteiger partial charge < -0.3 is 5.32 Å². The zero-order valence-corrected chi connectivity index (χ0v) is 11.0. The summed E-state index contributed by atoms with van der Waals surface area (Å²) in [6.07, 6.45) is 0. The van der Waals surface area contributed by atoms with Crippen LogP contribution in [0.5, 0.6) is 0 Å². The zero-order valence-electron chi connectivity index (χ0n) is 8.67. The molecule has 0 fully saturated rings. The van der Waals surface area contributed by atoms with Gasteiger partial charge in [-0.1, -0.05) is 29.8 Å². The molecule has 4 heteroatoms. The average Bonchev–Trinajstić information content (AvgIpc) is 2.24. The first kappa shape index (κ1) is 11.4. The van der Waals surface area contributed by atoms with Gasteiger partial charge in [0.15, 0.2) is 0 Å². The van der Waals surface area contributed by atoms with Crippen LogP contribution in [0.2, 0.25) is 5.02 Å². The smallest absolute Gasteiger partial charge is 0.131 e. The number of benzene rings is 1. The van der Waals surface area contributed by atoms with E-state index in [9.17, 15) is 0 Å². The van der Waals surface area contributed by atoms with Crippen molar-refractivity contribution in [3.8, 4) is 0 Å². The van der Waals surface area contributed by atoms with E-state index in [1.807, 2.05) is 43.3 Å². The highest BCUT2D eigenvalue weighted by Gasteiger charge is 2.04. The maximum Gasteiger partial charge on any atom is 0.131 e. The lowest BCUT2D eigenvalue weighted by atomic mass is 10.2. The molecule has 16 heavy (non-hydrogen) atoms. The molecule has 1 aromatic heterocycles. The summed E-state index contributed by atoms with van der Waals surface area (Å²) >= 11 is 9.45. The van der Waals surface area contributed by atoms with E-state index in [0.29, 0.717) is 5.02 Å². The normalized spacial score (nSPS) is 10.2. The van der Waals surface area contributed by atoms with Gasteiger partial charge in [0.2, 0.25) is 0 Å². The van der Waals surface area contributed by atoms with Crippen LogP contribution < -0.4 is 5.32 Å². The molecule has 82 valence electrons. The molecule has 0 unspecified atom stereocenters. The highest BCUT2D eigenvalue weighted by Crippen LogP contribution is 2.28. The molecule has 1 heterocycles. The molecule has 0 aliphatic heterocycles. The van der Waals surface area contributed by atoms with Gasteiger partial charge in [-0.05, 0) is 46.6 Å². The summed E-state index contributed by atoms with van der Waals surface area (Å²) in [4.78, 5) is 4.30. The minimum Gasteiger partial charge on any atom is -0.339 e. The monoisotopic (exact) mass is 296 g/mol. The number of anilines is 2. The lowest BCUT2D eigenvalue weighted by Gasteiger charge is -2.10. The average molecular weight is 298 g/mol. The van der Waals surface area contributed by atoms with E-state index in [4.69, 9.17) is 11.6 Å². The van der Waals surface area contributed by atoms with E-state index in [1.54, 1.807) is 0 Å². The summed E-state index contributed by atoms with van der Waals surface area (Å²) in [6.45, 7) is 2.01. The maximum atomic E-state index is 6.12. The molecule has 0 spiro atoms. The van der Waals surface area contributed by atoms with Crippen molar-refractivity contribution in [2.45, 2.75) is 6.92 Å². The number of halogens is 2. The fraction of sp³-hybridized carbons (Fsp3) is 0.0833. The van der Waals surface area contributed by atoms with Gasteiger partial charge in [0.25, 0.3) is 0 Å². The molecule has 0 saturated heterocycles. The molecule has 1 N–H and O–H groups in total. The first-order valence-corrected chi connectivity index (χ1v) is 5.98. The van der Waals surface area contributed by atoms with Crippen molar-refractivity contribution < 1.29 is 0 Å². The van der Waals surface area contributed by atoms with Gasteiger partial charge in [-0.2, -0.15) is 0 Å². The molecule has 0 bridgehead atoms. The lowest BCUT2D eigenvalue weighted by Crippen LogP contribution is -1.96. The molecular formula is C12H10BrClN2. The van der Waals surface area contributed by atoms with Crippen molar-refractivity contribution in [1.29, 1.82) is 0 Å². The molecule has 1 aromatic carbocycles. The third kappa shape index (κ3) is 2.54. The summed E-state index contributed by atoms with van der Waals surface area (Å²) in [5.74, 6) is 0.769. The minimum absolute atomic E-state index is 0.696. The van der Waals surface area contributed by atoms with Crippen molar-refractivity contribution in [3.63, 3.8) is 0 Å². The number of nitrogens with zero attached hydrogens (tertiary/aromatic N) is 1. The highest BCUT2D eigenvalue weighted by molar-refractivity contribution is 9.10. The number of aromatic nitrogens is 1. The van der Waals surface area contributed by atoms with Crippen LogP contribution in [0, 0.1) is 6.92 Å². The maximum absolute atomic E-state index is 6.12. The molecule has 0 saturated carbocycles. The molecule has 2 aromatic rings. The Morgan fingerprint density at radius 2 is 1.94 bits per heavy atom. The topological polar surface area (TPSA) is 24.9 Å². The second-order valence-electron chi connectivity index (χ2n) is 3.40. The predicted octanol–water partition coefficient (Wildman–Crippen LogP) is 4.55. The summed E-state index contributed by atoms with van der Waals surface area (Å²) in [6, 6.07) is 11.5. The third-order valence-corrected chi connectivity index (χ3v) is 2.95. The zero-order chi connectivity index (χ0) is 11.5. The van der Waals surface area contributed by atoms with Crippen molar-refractivity contribution in [2.24, 2.45) is 0 Å².